The van der Waals surface area contributed by atoms with Gasteiger partial charge >= 0.3 is 5.97 Å². The van der Waals surface area contributed by atoms with Crippen LogP contribution in [0.3, 0.4) is 0 Å². The number of amides is 1. The van der Waals surface area contributed by atoms with Crippen molar-refractivity contribution in [2.75, 3.05) is 19.3 Å². The molecule has 0 fully saturated rings. The van der Waals surface area contributed by atoms with Crippen LogP contribution in [0, 0.1) is 0 Å². The summed E-state index contributed by atoms with van der Waals surface area (Å²) in [5, 5.41) is 12.8. The minimum absolute atomic E-state index is 0.259. The molecule has 0 saturated carbocycles. The molecule has 0 aliphatic carbocycles. The van der Waals surface area contributed by atoms with Crippen molar-refractivity contribution < 1.29 is 23.1 Å². The van der Waals surface area contributed by atoms with Crippen molar-refractivity contribution in [3.05, 3.63) is 28.0 Å². The molecule has 0 radical (unpaired) electrons. The SMILES string of the molecule is CS(=O)(=O)NCCCNC(=O)c1csc(/C=C/C(=O)O)c1. The molecule has 0 bridgehead atoms. The zero-order valence-electron chi connectivity index (χ0n) is 11.3. The van der Waals surface area contributed by atoms with Gasteiger partial charge in [-0.05, 0) is 18.6 Å². The highest BCUT2D eigenvalue weighted by molar-refractivity contribution is 7.88. The van der Waals surface area contributed by atoms with Gasteiger partial charge in [0, 0.05) is 29.4 Å². The second-order valence-electron chi connectivity index (χ2n) is 4.19. The Morgan fingerprint density at radius 3 is 2.71 bits per heavy atom. The first-order valence-electron chi connectivity index (χ1n) is 6.00. The third-order valence-electron chi connectivity index (χ3n) is 2.28. The zero-order valence-corrected chi connectivity index (χ0v) is 13.0. The van der Waals surface area contributed by atoms with Crippen LogP contribution in [0.4, 0.5) is 0 Å². The lowest BCUT2D eigenvalue weighted by molar-refractivity contribution is -0.131. The van der Waals surface area contributed by atoms with Gasteiger partial charge in [0.1, 0.15) is 0 Å². The summed E-state index contributed by atoms with van der Waals surface area (Å²) < 4.78 is 24.0. The Morgan fingerprint density at radius 1 is 1.38 bits per heavy atom. The molecule has 0 saturated heterocycles. The summed E-state index contributed by atoms with van der Waals surface area (Å²) in [4.78, 5) is 22.8. The topological polar surface area (TPSA) is 113 Å². The van der Waals surface area contributed by atoms with E-state index in [1.807, 2.05) is 0 Å². The molecule has 0 atom stereocenters. The molecule has 1 amide bonds. The van der Waals surface area contributed by atoms with Gasteiger partial charge in [-0.1, -0.05) is 0 Å². The molecule has 9 heteroatoms. The molecule has 0 aliphatic heterocycles. The molecule has 0 unspecified atom stereocenters. The summed E-state index contributed by atoms with van der Waals surface area (Å²) >= 11 is 1.26. The first-order chi connectivity index (χ1) is 9.78. The number of nitrogens with one attached hydrogen (secondary N) is 2. The van der Waals surface area contributed by atoms with Gasteiger partial charge in [0.15, 0.2) is 0 Å². The normalized spacial score (nSPS) is 11.7. The van der Waals surface area contributed by atoms with Gasteiger partial charge in [0.05, 0.1) is 11.8 Å². The van der Waals surface area contributed by atoms with E-state index in [1.165, 1.54) is 17.4 Å². The quantitative estimate of drug-likeness (QED) is 0.474. The largest absolute Gasteiger partial charge is 0.478 e. The first-order valence-corrected chi connectivity index (χ1v) is 8.77. The molecule has 116 valence electrons. The maximum absolute atomic E-state index is 11.8. The van der Waals surface area contributed by atoms with E-state index in [4.69, 9.17) is 5.11 Å². The number of thiophene rings is 1. The molecule has 1 rings (SSSR count). The number of carboxylic acid groups (broad SMARTS) is 1. The molecule has 21 heavy (non-hydrogen) atoms. The van der Waals surface area contributed by atoms with Gasteiger partial charge in [-0.2, -0.15) is 0 Å². The smallest absolute Gasteiger partial charge is 0.328 e. The lowest BCUT2D eigenvalue weighted by Gasteiger charge is -2.04. The summed E-state index contributed by atoms with van der Waals surface area (Å²) in [7, 11) is -3.20. The van der Waals surface area contributed by atoms with E-state index in [-0.39, 0.29) is 12.5 Å². The lowest BCUT2D eigenvalue weighted by atomic mass is 10.2. The summed E-state index contributed by atoms with van der Waals surface area (Å²) in [5.74, 6) is -1.33. The third kappa shape index (κ3) is 7.59. The predicted octanol–water partition coefficient (Wildman–Crippen LogP) is 0.515. The minimum Gasteiger partial charge on any atom is -0.478 e. The standard InChI is InChI=1S/C12H16N2O5S2/c1-21(18,19)14-6-2-5-13-12(17)9-7-10(20-8-9)3-4-11(15)16/h3-4,7-8,14H,2,5-6H2,1H3,(H,13,17)(H,15,16)/b4-3+. The summed E-state index contributed by atoms with van der Waals surface area (Å²) in [6, 6.07) is 1.59. The maximum Gasteiger partial charge on any atom is 0.328 e. The Morgan fingerprint density at radius 2 is 2.10 bits per heavy atom. The molecule has 0 aromatic carbocycles. The van der Waals surface area contributed by atoms with Crippen molar-refractivity contribution in [2.45, 2.75) is 6.42 Å². The van der Waals surface area contributed by atoms with Crippen molar-refractivity contribution >= 4 is 39.3 Å². The van der Waals surface area contributed by atoms with E-state index in [2.05, 4.69) is 10.0 Å². The third-order valence-corrected chi connectivity index (χ3v) is 3.90. The number of hydrogen-bond acceptors (Lipinski definition) is 5. The van der Waals surface area contributed by atoms with E-state index >= 15 is 0 Å². The number of aliphatic carboxylic acids is 1. The average Bonchev–Trinajstić information content (AvgIpc) is 2.83. The molecule has 1 aromatic heterocycles. The van der Waals surface area contributed by atoms with Crippen LogP contribution in [0.15, 0.2) is 17.5 Å². The molecule has 0 spiro atoms. The fraction of sp³-hybridized carbons (Fsp3) is 0.333. The summed E-state index contributed by atoms with van der Waals surface area (Å²) in [6.45, 7) is 0.604. The number of rotatable bonds is 8. The molecule has 7 nitrogen and oxygen atoms in total. The number of carboxylic acids is 1. The van der Waals surface area contributed by atoms with Crippen molar-refractivity contribution in [2.24, 2.45) is 0 Å². The summed E-state index contributed by atoms with van der Waals surface area (Å²) in [5.41, 5.74) is 0.445. The van der Waals surface area contributed by atoms with Crippen molar-refractivity contribution in [1.82, 2.24) is 10.0 Å². The molecule has 1 aromatic rings. The van der Waals surface area contributed by atoms with Crippen molar-refractivity contribution in [3.63, 3.8) is 0 Å². The van der Waals surface area contributed by atoms with Gasteiger partial charge in [-0.3, -0.25) is 4.79 Å². The van der Waals surface area contributed by atoms with Crippen LogP contribution in [-0.2, 0) is 14.8 Å². The van der Waals surface area contributed by atoms with E-state index in [0.29, 0.717) is 23.4 Å². The van der Waals surface area contributed by atoms with Gasteiger partial charge in [-0.15, -0.1) is 11.3 Å². The highest BCUT2D eigenvalue weighted by atomic mass is 32.2. The fourth-order valence-corrected chi connectivity index (χ4v) is 2.66. The van der Waals surface area contributed by atoms with Crippen LogP contribution in [0.1, 0.15) is 21.7 Å². The van der Waals surface area contributed by atoms with E-state index < -0.39 is 16.0 Å². The Bertz CT molecular complexity index is 634. The zero-order chi connectivity index (χ0) is 15.9. The lowest BCUT2D eigenvalue weighted by Crippen LogP contribution is -2.29. The van der Waals surface area contributed by atoms with Gasteiger partial charge in [0.2, 0.25) is 10.0 Å². The van der Waals surface area contributed by atoms with Gasteiger partial charge in [-0.25, -0.2) is 17.9 Å². The van der Waals surface area contributed by atoms with Crippen LogP contribution in [0.2, 0.25) is 0 Å². The van der Waals surface area contributed by atoms with Gasteiger partial charge < -0.3 is 10.4 Å². The number of hydrogen-bond donors (Lipinski definition) is 3. The second-order valence-corrected chi connectivity index (χ2v) is 6.96. The minimum atomic E-state index is -3.20. The molecular formula is C12H16N2O5S2. The molecule has 1 heterocycles. The van der Waals surface area contributed by atoms with E-state index in [1.54, 1.807) is 11.4 Å². The fourth-order valence-electron chi connectivity index (χ4n) is 1.36. The predicted molar refractivity (Wildman–Crippen MR) is 80.8 cm³/mol. The van der Waals surface area contributed by atoms with Gasteiger partial charge in [0.25, 0.3) is 5.91 Å². The van der Waals surface area contributed by atoms with Crippen LogP contribution in [-0.4, -0.2) is 44.7 Å². The Labute approximate surface area is 126 Å². The van der Waals surface area contributed by atoms with Crippen LogP contribution >= 0.6 is 11.3 Å². The van der Waals surface area contributed by atoms with Crippen LogP contribution < -0.4 is 10.0 Å². The van der Waals surface area contributed by atoms with Crippen LogP contribution in [0.25, 0.3) is 6.08 Å². The summed E-state index contributed by atoms with van der Waals surface area (Å²) in [6.07, 6.45) is 3.97. The van der Waals surface area contributed by atoms with Crippen molar-refractivity contribution in [1.29, 1.82) is 0 Å². The highest BCUT2D eigenvalue weighted by Gasteiger charge is 2.07. The average molecular weight is 332 g/mol. The van der Waals surface area contributed by atoms with Crippen molar-refractivity contribution in [3.8, 4) is 0 Å². The molecular weight excluding hydrogens is 316 g/mol. The van der Waals surface area contributed by atoms with E-state index in [9.17, 15) is 18.0 Å². The number of carbonyl (C=O) groups is 2. The highest BCUT2D eigenvalue weighted by Crippen LogP contribution is 2.16. The second kappa shape index (κ2) is 7.91. The monoisotopic (exact) mass is 332 g/mol. The Kier molecular flexibility index (Phi) is 6.53. The number of sulfonamides is 1. The first kappa shape index (κ1) is 17.3. The number of carbonyl (C=O) groups excluding carboxylic acids is 1. The Balaban J connectivity index is 2.37. The van der Waals surface area contributed by atoms with Crippen LogP contribution in [0.5, 0.6) is 0 Å². The molecule has 3 N–H and O–H groups in total. The maximum atomic E-state index is 11.8. The molecule has 0 aliphatic rings. The van der Waals surface area contributed by atoms with E-state index in [0.717, 1.165) is 12.3 Å². The Hall–Kier alpha value is -1.71.